The molecule has 0 saturated carbocycles. The summed E-state index contributed by atoms with van der Waals surface area (Å²) in [6.45, 7) is 4.11. The summed E-state index contributed by atoms with van der Waals surface area (Å²) in [5, 5.41) is 11.3. The number of aromatic carboxylic acids is 1. The molecule has 1 unspecified atom stereocenters. The molecule has 1 aliphatic heterocycles. The number of hydrogen-bond acceptors (Lipinski definition) is 5. The van der Waals surface area contributed by atoms with Gasteiger partial charge in [-0.25, -0.2) is 13.2 Å². The first-order valence-corrected chi connectivity index (χ1v) is 9.40. The number of sulfonamides is 1. The number of carbonyl (C=O) groups is 2. The third-order valence-electron chi connectivity index (χ3n) is 4.19. The highest BCUT2D eigenvalue weighted by molar-refractivity contribution is 7.89. The fourth-order valence-electron chi connectivity index (χ4n) is 2.77. The van der Waals surface area contributed by atoms with Crippen molar-refractivity contribution in [1.29, 1.82) is 0 Å². The van der Waals surface area contributed by atoms with E-state index in [1.54, 1.807) is 0 Å². The molecule has 1 aliphatic rings. The Morgan fingerprint density at radius 2 is 2.04 bits per heavy atom. The average Bonchev–Trinajstić information content (AvgIpc) is 3.21. The van der Waals surface area contributed by atoms with Gasteiger partial charge in [-0.05, 0) is 37.8 Å². The van der Waals surface area contributed by atoms with E-state index in [-0.39, 0.29) is 18.5 Å². The van der Waals surface area contributed by atoms with Crippen molar-refractivity contribution in [3.8, 4) is 0 Å². The Labute approximate surface area is 140 Å². The van der Waals surface area contributed by atoms with Gasteiger partial charge in [0.15, 0.2) is 0 Å². The van der Waals surface area contributed by atoms with Crippen molar-refractivity contribution in [2.75, 3.05) is 6.54 Å². The van der Waals surface area contributed by atoms with Gasteiger partial charge in [-0.2, -0.15) is 4.31 Å². The van der Waals surface area contributed by atoms with Crippen molar-refractivity contribution >= 4 is 21.9 Å². The van der Waals surface area contributed by atoms with Gasteiger partial charge in [0.25, 0.3) is 10.0 Å². The smallest absolute Gasteiger partial charge is 0.371 e. The van der Waals surface area contributed by atoms with Crippen LogP contribution in [-0.4, -0.2) is 48.3 Å². The highest BCUT2D eigenvalue weighted by Crippen LogP contribution is 2.27. The number of rotatable bonds is 7. The second-order valence-electron chi connectivity index (χ2n) is 5.72. The Morgan fingerprint density at radius 1 is 1.38 bits per heavy atom. The molecule has 1 saturated heterocycles. The number of nitrogens with one attached hydrogen (secondary N) is 1. The summed E-state index contributed by atoms with van der Waals surface area (Å²) < 4.78 is 31.3. The van der Waals surface area contributed by atoms with E-state index >= 15 is 0 Å². The first-order chi connectivity index (χ1) is 11.3. The lowest BCUT2D eigenvalue weighted by Gasteiger charge is -2.24. The van der Waals surface area contributed by atoms with E-state index in [2.05, 4.69) is 5.32 Å². The quantitative estimate of drug-likeness (QED) is 0.761. The highest BCUT2D eigenvalue weighted by atomic mass is 32.2. The lowest BCUT2D eigenvalue weighted by molar-refractivity contribution is -0.125. The lowest BCUT2D eigenvalue weighted by Crippen LogP contribution is -2.48. The predicted molar refractivity (Wildman–Crippen MR) is 85.1 cm³/mol. The molecule has 0 aromatic carbocycles. The van der Waals surface area contributed by atoms with Crippen molar-refractivity contribution in [3.63, 3.8) is 0 Å². The minimum atomic E-state index is -4.05. The van der Waals surface area contributed by atoms with E-state index in [0.29, 0.717) is 12.8 Å². The van der Waals surface area contributed by atoms with Gasteiger partial charge >= 0.3 is 5.97 Å². The first-order valence-electron chi connectivity index (χ1n) is 7.96. The zero-order valence-electron chi connectivity index (χ0n) is 13.7. The molecule has 1 aromatic rings. The second-order valence-corrected chi connectivity index (χ2v) is 7.54. The Hall–Kier alpha value is -1.87. The standard InChI is InChI=1S/C15H22N2O6S/c1-3-10(4-2)16-14(18)11-6-5-9-17(11)24(21,22)13-8-7-12(23-13)15(19)20/h7-8,10-11H,3-6,9H2,1-2H3,(H,16,18)(H,19,20). The summed E-state index contributed by atoms with van der Waals surface area (Å²) in [6.07, 6.45) is 2.52. The summed E-state index contributed by atoms with van der Waals surface area (Å²) in [5.41, 5.74) is 0. The van der Waals surface area contributed by atoms with Crippen molar-refractivity contribution in [3.05, 3.63) is 17.9 Å². The maximum absolute atomic E-state index is 12.7. The van der Waals surface area contributed by atoms with Crippen molar-refractivity contribution in [2.24, 2.45) is 0 Å². The molecule has 2 N–H and O–H groups in total. The second kappa shape index (κ2) is 7.35. The van der Waals surface area contributed by atoms with Crippen molar-refractivity contribution < 1.29 is 27.5 Å². The van der Waals surface area contributed by atoms with E-state index in [1.807, 2.05) is 13.8 Å². The molecule has 0 bridgehead atoms. The molecular weight excluding hydrogens is 336 g/mol. The number of furan rings is 1. The van der Waals surface area contributed by atoms with Crippen LogP contribution in [0.25, 0.3) is 0 Å². The number of carboxylic acid groups (broad SMARTS) is 1. The largest absolute Gasteiger partial charge is 0.475 e. The van der Waals surface area contributed by atoms with Gasteiger partial charge in [0.05, 0.1) is 0 Å². The maximum Gasteiger partial charge on any atom is 0.371 e. The average molecular weight is 358 g/mol. The van der Waals surface area contributed by atoms with Crippen molar-refractivity contribution in [2.45, 2.75) is 56.7 Å². The van der Waals surface area contributed by atoms with Crippen LogP contribution in [0.1, 0.15) is 50.1 Å². The highest BCUT2D eigenvalue weighted by Gasteiger charge is 2.41. The SMILES string of the molecule is CCC(CC)NC(=O)C1CCCN1S(=O)(=O)c1ccc(C(=O)O)o1. The van der Waals surface area contributed by atoms with Crippen LogP contribution >= 0.6 is 0 Å². The summed E-state index contributed by atoms with van der Waals surface area (Å²) in [7, 11) is -4.05. The third-order valence-corrected chi connectivity index (χ3v) is 5.98. The first kappa shape index (κ1) is 18.5. The van der Waals surface area contributed by atoms with Crippen molar-refractivity contribution in [1.82, 2.24) is 9.62 Å². The van der Waals surface area contributed by atoms with E-state index in [0.717, 1.165) is 29.3 Å². The molecule has 0 radical (unpaired) electrons. The predicted octanol–water partition coefficient (Wildman–Crippen LogP) is 1.44. The monoisotopic (exact) mass is 358 g/mol. The summed E-state index contributed by atoms with van der Waals surface area (Å²) >= 11 is 0. The summed E-state index contributed by atoms with van der Waals surface area (Å²) in [5.74, 6) is -2.12. The van der Waals surface area contributed by atoms with Gasteiger partial charge < -0.3 is 14.8 Å². The van der Waals surface area contributed by atoms with Gasteiger partial charge in [0, 0.05) is 12.6 Å². The molecule has 1 aromatic heterocycles. The van der Waals surface area contributed by atoms with Crippen LogP contribution in [0.5, 0.6) is 0 Å². The minimum Gasteiger partial charge on any atom is -0.475 e. The number of carboxylic acids is 1. The van der Waals surface area contributed by atoms with Gasteiger partial charge in [0.1, 0.15) is 6.04 Å². The van der Waals surface area contributed by atoms with Crippen LogP contribution < -0.4 is 5.32 Å². The molecule has 24 heavy (non-hydrogen) atoms. The fraction of sp³-hybridized carbons (Fsp3) is 0.600. The minimum absolute atomic E-state index is 0.00452. The zero-order chi connectivity index (χ0) is 17.9. The van der Waals surface area contributed by atoms with Crippen LogP contribution in [0.4, 0.5) is 0 Å². The topological polar surface area (TPSA) is 117 Å². The Kier molecular flexibility index (Phi) is 5.66. The number of hydrogen-bond donors (Lipinski definition) is 2. The van der Waals surface area contributed by atoms with Gasteiger partial charge in [-0.1, -0.05) is 13.8 Å². The van der Waals surface area contributed by atoms with Crippen LogP contribution in [-0.2, 0) is 14.8 Å². The summed E-state index contributed by atoms with van der Waals surface area (Å²) in [4.78, 5) is 23.3. The fourth-order valence-corrected chi connectivity index (χ4v) is 4.34. The van der Waals surface area contributed by atoms with E-state index in [9.17, 15) is 18.0 Å². The molecule has 9 heteroatoms. The lowest BCUT2D eigenvalue weighted by atomic mass is 10.1. The molecule has 8 nitrogen and oxygen atoms in total. The Bertz CT molecular complexity index is 707. The van der Waals surface area contributed by atoms with E-state index < -0.39 is 32.9 Å². The van der Waals surface area contributed by atoms with E-state index in [1.165, 1.54) is 0 Å². The molecule has 2 heterocycles. The molecule has 134 valence electrons. The molecule has 1 atom stereocenters. The van der Waals surface area contributed by atoms with Crippen LogP contribution in [0.15, 0.2) is 21.6 Å². The van der Waals surface area contributed by atoms with E-state index in [4.69, 9.17) is 9.52 Å². The third kappa shape index (κ3) is 3.62. The number of amides is 1. The number of nitrogens with zero attached hydrogens (tertiary/aromatic N) is 1. The van der Waals surface area contributed by atoms with Crippen LogP contribution in [0, 0.1) is 0 Å². The summed E-state index contributed by atoms with van der Waals surface area (Å²) in [6, 6.07) is 1.40. The molecular formula is C15H22N2O6S. The Balaban J connectivity index is 2.21. The van der Waals surface area contributed by atoms with Crippen LogP contribution in [0.3, 0.4) is 0 Å². The van der Waals surface area contributed by atoms with Gasteiger partial charge in [-0.3, -0.25) is 4.79 Å². The maximum atomic E-state index is 12.7. The molecule has 0 spiro atoms. The molecule has 1 fully saturated rings. The van der Waals surface area contributed by atoms with Gasteiger partial charge in [0.2, 0.25) is 16.8 Å². The molecule has 2 rings (SSSR count). The number of carbonyl (C=O) groups excluding carboxylic acids is 1. The normalized spacial score (nSPS) is 18.9. The molecule has 1 amide bonds. The molecule has 0 aliphatic carbocycles. The van der Waals surface area contributed by atoms with Gasteiger partial charge in [-0.15, -0.1) is 0 Å². The van der Waals surface area contributed by atoms with Crippen LogP contribution in [0.2, 0.25) is 0 Å². The zero-order valence-corrected chi connectivity index (χ0v) is 14.5. The Morgan fingerprint density at radius 3 is 2.58 bits per heavy atom.